The summed E-state index contributed by atoms with van der Waals surface area (Å²) >= 11 is 3.33. The predicted octanol–water partition coefficient (Wildman–Crippen LogP) is 3.26. The number of carbonyl (C=O) groups is 1. The lowest BCUT2D eigenvalue weighted by molar-refractivity contribution is 0.0782. The van der Waals surface area contributed by atoms with Crippen LogP contribution in [0.1, 0.15) is 15.9 Å². The number of aromatic hydroxyl groups is 1. The summed E-state index contributed by atoms with van der Waals surface area (Å²) in [5.41, 5.74) is 2.51. The van der Waals surface area contributed by atoms with Gasteiger partial charge in [-0.15, -0.1) is 0 Å². The fourth-order valence-corrected chi connectivity index (χ4v) is 3.23. The zero-order chi connectivity index (χ0) is 17.8. The lowest BCUT2D eigenvalue weighted by atomic mass is 10.1. The van der Waals surface area contributed by atoms with Crippen molar-refractivity contribution in [3.63, 3.8) is 0 Å². The highest BCUT2D eigenvalue weighted by Crippen LogP contribution is 2.24. The van der Waals surface area contributed by atoms with E-state index in [1.54, 1.807) is 24.1 Å². The molecular formula is C19H21BrN2O3. The maximum atomic E-state index is 12.6. The van der Waals surface area contributed by atoms with Crippen LogP contribution in [0, 0.1) is 0 Å². The first-order chi connectivity index (χ1) is 12.0. The van der Waals surface area contributed by atoms with Gasteiger partial charge in [0, 0.05) is 36.8 Å². The molecule has 0 aliphatic carbocycles. The molecule has 3 rings (SSSR count). The molecule has 0 bridgehead atoms. The molecule has 0 saturated carbocycles. The Morgan fingerprint density at radius 3 is 2.56 bits per heavy atom. The Hall–Kier alpha value is -2.05. The number of rotatable bonds is 4. The summed E-state index contributed by atoms with van der Waals surface area (Å²) in [6, 6.07) is 13.1. The number of halogens is 1. The average molecular weight is 405 g/mol. The van der Waals surface area contributed by atoms with E-state index in [0.717, 1.165) is 36.3 Å². The minimum atomic E-state index is -0.212. The fourth-order valence-electron chi connectivity index (χ4n) is 2.86. The van der Waals surface area contributed by atoms with Crippen molar-refractivity contribution in [2.24, 2.45) is 0 Å². The van der Waals surface area contributed by atoms with Gasteiger partial charge in [0.2, 0.25) is 0 Å². The summed E-state index contributed by atoms with van der Waals surface area (Å²) in [5.74, 6) is -0.223. The molecule has 0 unspecified atom stereocenters. The van der Waals surface area contributed by atoms with Gasteiger partial charge in [0.05, 0.1) is 18.8 Å². The number of phenolic OH excluding ortho intramolecular Hbond substituents is 1. The van der Waals surface area contributed by atoms with Crippen LogP contribution in [0.5, 0.6) is 5.75 Å². The number of phenols is 1. The number of benzene rings is 2. The second kappa shape index (κ2) is 7.89. The third-order valence-electron chi connectivity index (χ3n) is 4.27. The first kappa shape index (κ1) is 17.8. The van der Waals surface area contributed by atoms with E-state index in [0.29, 0.717) is 12.1 Å². The number of nitrogens with zero attached hydrogens (tertiary/aromatic N) is 2. The van der Waals surface area contributed by atoms with Crippen LogP contribution in [-0.2, 0) is 11.3 Å². The number of amides is 1. The summed E-state index contributed by atoms with van der Waals surface area (Å²) in [4.78, 5) is 16.5. The van der Waals surface area contributed by atoms with Gasteiger partial charge in [0.25, 0.3) is 5.91 Å². The normalized spacial score (nSPS) is 14.4. The minimum absolute atomic E-state index is 0.0114. The molecule has 1 saturated heterocycles. The maximum absolute atomic E-state index is 12.6. The van der Waals surface area contributed by atoms with Crippen molar-refractivity contribution in [1.82, 2.24) is 4.90 Å². The van der Waals surface area contributed by atoms with Crippen LogP contribution in [0.15, 0.2) is 46.9 Å². The molecule has 132 valence electrons. The van der Waals surface area contributed by atoms with E-state index in [1.165, 1.54) is 11.8 Å². The average Bonchev–Trinajstić information content (AvgIpc) is 2.64. The van der Waals surface area contributed by atoms with Crippen LogP contribution in [0.4, 0.5) is 5.69 Å². The highest BCUT2D eigenvalue weighted by molar-refractivity contribution is 9.10. The molecule has 25 heavy (non-hydrogen) atoms. The number of carbonyl (C=O) groups excluding carboxylic acids is 1. The molecule has 1 aliphatic rings. The van der Waals surface area contributed by atoms with Gasteiger partial charge in [0.1, 0.15) is 5.75 Å². The van der Waals surface area contributed by atoms with Crippen LogP contribution >= 0.6 is 15.9 Å². The van der Waals surface area contributed by atoms with Crippen molar-refractivity contribution in [1.29, 1.82) is 0 Å². The molecule has 6 heteroatoms. The van der Waals surface area contributed by atoms with Crippen LogP contribution in [0.3, 0.4) is 0 Å². The molecule has 5 nitrogen and oxygen atoms in total. The fraction of sp³-hybridized carbons (Fsp3) is 0.316. The van der Waals surface area contributed by atoms with Gasteiger partial charge in [-0.25, -0.2) is 0 Å². The molecule has 0 aromatic heterocycles. The van der Waals surface area contributed by atoms with Gasteiger partial charge < -0.3 is 19.6 Å². The third kappa shape index (κ3) is 4.32. The van der Waals surface area contributed by atoms with Gasteiger partial charge in [0.15, 0.2) is 0 Å². The summed E-state index contributed by atoms with van der Waals surface area (Å²) in [5, 5.41) is 9.92. The molecule has 2 aromatic carbocycles. The Kier molecular flexibility index (Phi) is 5.60. The highest BCUT2D eigenvalue weighted by atomic mass is 79.9. The Morgan fingerprint density at radius 1 is 1.20 bits per heavy atom. The second-order valence-electron chi connectivity index (χ2n) is 6.09. The summed E-state index contributed by atoms with van der Waals surface area (Å²) in [6.45, 7) is 3.80. The Morgan fingerprint density at radius 2 is 1.88 bits per heavy atom. The smallest absolute Gasteiger partial charge is 0.257 e. The predicted molar refractivity (Wildman–Crippen MR) is 101 cm³/mol. The summed E-state index contributed by atoms with van der Waals surface area (Å²) in [6.07, 6.45) is 0. The van der Waals surface area contributed by atoms with Crippen molar-refractivity contribution in [3.8, 4) is 5.75 Å². The molecule has 1 fully saturated rings. The number of hydrogen-bond acceptors (Lipinski definition) is 4. The molecular weight excluding hydrogens is 384 g/mol. The van der Waals surface area contributed by atoms with Gasteiger partial charge in [-0.3, -0.25) is 4.79 Å². The van der Waals surface area contributed by atoms with Gasteiger partial charge in [-0.05, 0) is 35.9 Å². The third-order valence-corrected chi connectivity index (χ3v) is 4.76. The SMILES string of the molecule is CN(Cc1ccc(N2CCOCC2)cc1)C(=O)c1cc(Br)ccc1O. The first-order valence-electron chi connectivity index (χ1n) is 8.20. The zero-order valence-electron chi connectivity index (χ0n) is 14.1. The molecule has 1 amide bonds. The van der Waals surface area contributed by atoms with E-state index in [4.69, 9.17) is 4.74 Å². The maximum Gasteiger partial charge on any atom is 0.257 e. The minimum Gasteiger partial charge on any atom is -0.507 e. The molecule has 0 atom stereocenters. The van der Waals surface area contributed by atoms with E-state index in [1.807, 2.05) is 12.1 Å². The van der Waals surface area contributed by atoms with Gasteiger partial charge >= 0.3 is 0 Å². The first-order valence-corrected chi connectivity index (χ1v) is 8.99. The van der Waals surface area contributed by atoms with Crippen molar-refractivity contribution in [2.45, 2.75) is 6.54 Å². The number of ether oxygens (including phenoxy) is 1. The van der Waals surface area contributed by atoms with Crippen LogP contribution in [0.25, 0.3) is 0 Å². The van der Waals surface area contributed by atoms with Crippen molar-refractivity contribution in [2.75, 3.05) is 38.3 Å². The summed E-state index contributed by atoms with van der Waals surface area (Å²) < 4.78 is 6.14. The van der Waals surface area contributed by atoms with Crippen LogP contribution in [-0.4, -0.2) is 49.3 Å². The molecule has 0 spiro atoms. The van der Waals surface area contributed by atoms with E-state index in [2.05, 4.69) is 33.0 Å². The van der Waals surface area contributed by atoms with E-state index >= 15 is 0 Å². The molecule has 1 N–H and O–H groups in total. The molecule has 0 radical (unpaired) electrons. The lowest BCUT2D eigenvalue weighted by Gasteiger charge is -2.29. The second-order valence-corrected chi connectivity index (χ2v) is 7.00. The molecule has 1 heterocycles. The van der Waals surface area contributed by atoms with Gasteiger partial charge in [-0.1, -0.05) is 28.1 Å². The van der Waals surface area contributed by atoms with Crippen LogP contribution < -0.4 is 4.90 Å². The van der Waals surface area contributed by atoms with E-state index in [-0.39, 0.29) is 11.7 Å². The Bertz CT molecular complexity index is 743. The topological polar surface area (TPSA) is 53.0 Å². The largest absolute Gasteiger partial charge is 0.507 e. The van der Waals surface area contributed by atoms with Crippen molar-refractivity contribution in [3.05, 3.63) is 58.1 Å². The van der Waals surface area contributed by atoms with E-state index < -0.39 is 0 Å². The highest BCUT2D eigenvalue weighted by Gasteiger charge is 2.17. The summed E-state index contributed by atoms with van der Waals surface area (Å²) in [7, 11) is 1.73. The Labute approximate surface area is 155 Å². The zero-order valence-corrected chi connectivity index (χ0v) is 15.7. The van der Waals surface area contributed by atoms with Crippen molar-refractivity contribution >= 4 is 27.5 Å². The number of hydrogen-bond donors (Lipinski definition) is 1. The number of anilines is 1. The standard InChI is InChI=1S/C19H21BrN2O3/c1-21(19(24)17-12-15(20)4-7-18(17)23)13-14-2-5-16(6-3-14)22-8-10-25-11-9-22/h2-7,12,23H,8-11,13H2,1H3. The molecule has 1 aliphatic heterocycles. The van der Waals surface area contributed by atoms with Crippen molar-refractivity contribution < 1.29 is 14.6 Å². The van der Waals surface area contributed by atoms with E-state index in [9.17, 15) is 9.90 Å². The van der Waals surface area contributed by atoms with Crippen LogP contribution in [0.2, 0.25) is 0 Å². The van der Waals surface area contributed by atoms with Gasteiger partial charge in [-0.2, -0.15) is 0 Å². The Balaban J connectivity index is 1.67. The number of morpholine rings is 1. The lowest BCUT2D eigenvalue weighted by Crippen LogP contribution is -2.36. The quantitative estimate of drug-likeness (QED) is 0.849. The molecule has 2 aromatic rings. The monoisotopic (exact) mass is 404 g/mol.